The Labute approximate surface area is 190 Å². The van der Waals surface area contributed by atoms with Gasteiger partial charge in [0.2, 0.25) is 0 Å². The zero-order valence-corrected chi connectivity index (χ0v) is 18.4. The molecular formula is C24H21ClN2O3S. The summed E-state index contributed by atoms with van der Waals surface area (Å²) in [7, 11) is 1.96. The Bertz CT molecular complexity index is 1100. The van der Waals surface area contributed by atoms with E-state index < -0.39 is 5.97 Å². The maximum Gasteiger partial charge on any atom is 0.335 e. The van der Waals surface area contributed by atoms with Crippen LogP contribution in [0, 0.1) is 0 Å². The lowest BCUT2D eigenvalue weighted by Crippen LogP contribution is -2.37. The lowest BCUT2D eigenvalue weighted by molar-refractivity contribution is 0.0697. The Morgan fingerprint density at radius 1 is 1.13 bits per heavy atom. The maximum absolute atomic E-state index is 11.1. The van der Waals surface area contributed by atoms with Gasteiger partial charge in [0.15, 0.2) is 5.50 Å². The molecule has 0 fully saturated rings. The summed E-state index contributed by atoms with van der Waals surface area (Å²) in [6.45, 7) is 0.467. The molecule has 158 valence electrons. The lowest BCUT2D eigenvalue weighted by atomic mass is 10.1. The van der Waals surface area contributed by atoms with Crippen molar-refractivity contribution >= 4 is 40.7 Å². The summed E-state index contributed by atoms with van der Waals surface area (Å²) in [4.78, 5) is 13.1. The molecule has 0 aliphatic carbocycles. The first kappa shape index (κ1) is 21.2. The summed E-state index contributed by atoms with van der Waals surface area (Å²) in [6, 6.07) is 22.4. The van der Waals surface area contributed by atoms with E-state index in [1.54, 1.807) is 36.0 Å². The van der Waals surface area contributed by atoms with Crippen LogP contribution in [0.4, 0.5) is 5.69 Å². The van der Waals surface area contributed by atoms with Crippen molar-refractivity contribution < 1.29 is 14.6 Å². The number of carbonyl (C=O) groups is 1. The third-order valence-corrected chi connectivity index (χ3v) is 6.23. The van der Waals surface area contributed by atoms with Gasteiger partial charge in [-0.3, -0.25) is 0 Å². The van der Waals surface area contributed by atoms with Gasteiger partial charge in [0, 0.05) is 23.3 Å². The number of anilines is 1. The highest BCUT2D eigenvalue weighted by molar-refractivity contribution is 8.03. The molecule has 3 aromatic carbocycles. The highest BCUT2D eigenvalue weighted by Gasteiger charge is 2.24. The number of carboxylic acid groups (broad SMARTS) is 1. The van der Waals surface area contributed by atoms with Crippen molar-refractivity contribution in [3.8, 4) is 5.75 Å². The third-order valence-electron chi connectivity index (χ3n) is 4.94. The Hall–Kier alpha value is -3.09. The van der Waals surface area contributed by atoms with E-state index in [0.29, 0.717) is 11.6 Å². The molecule has 3 aromatic rings. The van der Waals surface area contributed by atoms with Crippen LogP contribution in [0.3, 0.4) is 0 Å². The fraction of sp³-hybridized carbons (Fsp3) is 0.125. The van der Waals surface area contributed by atoms with E-state index in [-0.39, 0.29) is 11.1 Å². The molecule has 1 atom stereocenters. The highest BCUT2D eigenvalue weighted by Crippen LogP contribution is 2.36. The molecule has 0 saturated heterocycles. The first-order valence-corrected chi connectivity index (χ1v) is 11.0. The molecular weight excluding hydrogens is 432 g/mol. The van der Waals surface area contributed by atoms with Gasteiger partial charge >= 0.3 is 5.97 Å². The van der Waals surface area contributed by atoms with E-state index in [0.717, 1.165) is 28.3 Å². The number of nitrogens with zero attached hydrogens (tertiary/aromatic N) is 1. The molecule has 31 heavy (non-hydrogen) atoms. The molecule has 1 heterocycles. The number of rotatable bonds is 7. The number of aromatic carboxylic acids is 1. The van der Waals surface area contributed by atoms with Crippen molar-refractivity contribution in [3.05, 3.63) is 99.9 Å². The molecule has 0 radical (unpaired) electrons. The van der Waals surface area contributed by atoms with Gasteiger partial charge < -0.3 is 20.1 Å². The largest absolute Gasteiger partial charge is 0.488 e. The number of carboxylic acids is 1. The highest BCUT2D eigenvalue weighted by atomic mass is 35.5. The van der Waals surface area contributed by atoms with Gasteiger partial charge in [-0.1, -0.05) is 53.7 Å². The predicted octanol–water partition coefficient (Wildman–Crippen LogP) is 5.67. The van der Waals surface area contributed by atoms with Crippen molar-refractivity contribution in [2.75, 3.05) is 11.9 Å². The average Bonchev–Trinajstić information content (AvgIpc) is 3.28. The smallest absolute Gasteiger partial charge is 0.335 e. The van der Waals surface area contributed by atoms with Crippen LogP contribution in [0.25, 0.3) is 5.70 Å². The second kappa shape index (κ2) is 9.37. The zero-order chi connectivity index (χ0) is 21.8. The minimum absolute atomic E-state index is 0.0494. The summed E-state index contributed by atoms with van der Waals surface area (Å²) in [6.07, 6.45) is 0. The molecule has 1 aliphatic heterocycles. The lowest BCUT2D eigenvalue weighted by Gasteiger charge is -2.27. The van der Waals surface area contributed by atoms with E-state index in [1.165, 1.54) is 0 Å². The Kier molecular flexibility index (Phi) is 6.39. The first-order chi connectivity index (χ1) is 15.0. The maximum atomic E-state index is 11.1. The third kappa shape index (κ3) is 4.98. The fourth-order valence-electron chi connectivity index (χ4n) is 3.21. The number of ether oxygens (including phenoxy) is 1. The number of nitrogens with one attached hydrogen (secondary N) is 1. The molecule has 0 amide bonds. The Balaban J connectivity index is 1.48. The fourth-order valence-corrected chi connectivity index (χ4v) is 4.34. The number of thioether (sulfide) groups is 1. The van der Waals surface area contributed by atoms with Crippen molar-refractivity contribution in [2.24, 2.45) is 0 Å². The van der Waals surface area contributed by atoms with Gasteiger partial charge in [-0.25, -0.2) is 4.79 Å². The number of hydrogen-bond donors (Lipinski definition) is 2. The van der Waals surface area contributed by atoms with Crippen molar-refractivity contribution in [2.45, 2.75) is 12.1 Å². The van der Waals surface area contributed by atoms with E-state index in [1.807, 2.05) is 61.0 Å². The SMILES string of the molecule is CN(c1ccc(C(=O)O)cc1)C1NC(c2cc(Cl)ccc2OCc2ccccc2)=CS1. The van der Waals surface area contributed by atoms with E-state index >= 15 is 0 Å². The standard InChI is InChI=1S/C24H21ClN2O3S/c1-27(19-10-7-17(8-11-19)23(28)29)24-26-21(15-31-24)20-13-18(25)9-12-22(20)30-14-16-5-3-2-4-6-16/h2-13,15,24,26H,14H2,1H3,(H,28,29). The quantitative estimate of drug-likeness (QED) is 0.481. The molecule has 2 N–H and O–H groups in total. The first-order valence-electron chi connectivity index (χ1n) is 9.66. The minimum atomic E-state index is -0.935. The summed E-state index contributed by atoms with van der Waals surface area (Å²) < 4.78 is 6.09. The Morgan fingerprint density at radius 3 is 2.58 bits per heavy atom. The molecule has 7 heteroatoms. The summed E-state index contributed by atoms with van der Waals surface area (Å²) in [5, 5.41) is 15.3. The number of benzene rings is 3. The summed E-state index contributed by atoms with van der Waals surface area (Å²) >= 11 is 7.90. The van der Waals surface area contributed by atoms with Gasteiger partial charge in [0.25, 0.3) is 0 Å². The van der Waals surface area contributed by atoms with E-state index in [2.05, 4.69) is 10.2 Å². The van der Waals surface area contributed by atoms with Gasteiger partial charge in [0.1, 0.15) is 12.4 Å². The van der Waals surface area contributed by atoms with Crippen LogP contribution in [-0.4, -0.2) is 23.6 Å². The molecule has 1 aliphatic rings. The van der Waals surface area contributed by atoms with Crippen LogP contribution in [0.15, 0.2) is 78.2 Å². The van der Waals surface area contributed by atoms with Crippen molar-refractivity contribution in [3.63, 3.8) is 0 Å². The predicted molar refractivity (Wildman–Crippen MR) is 127 cm³/mol. The van der Waals surface area contributed by atoms with Crippen LogP contribution < -0.4 is 15.0 Å². The van der Waals surface area contributed by atoms with Crippen LogP contribution in [0.2, 0.25) is 5.02 Å². The van der Waals surface area contributed by atoms with Gasteiger partial charge in [0.05, 0.1) is 11.3 Å². The van der Waals surface area contributed by atoms with Crippen LogP contribution in [0.1, 0.15) is 21.5 Å². The second-order valence-electron chi connectivity index (χ2n) is 7.04. The van der Waals surface area contributed by atoms with Gasteiger partial charge in [-0.2, -0.15) is 0 Å². The van der Waals surface area contributed by atoms with Gasteiger partial charge in [-0.15, -0.1) is 0 Å². The second-order valence-corrected chi connectivity index (χ2v) is 8.43. The van der Waals surface area contributed by atoms with E-state index in [9.17, 15) is 4.79 Å². The zero-order valence-electron chi connectivity index (χ0n) is 16.8. The Morgan fingerprint density at radius 2 is 1.87 bits per heavy atom. The van der Waals surface area contributed by atoms with Crippen molar-refractivity contribution in [1.82, 2.24) is 5.32 Å². The molecule has 4 rings (SSSR count). The topological polar surface area (TPSA) is 61.8 Å². The number of hydrogen-bond acceptors (Lipinski definition) is 5. The molecule has 0 aromatic heterocycles. The van der Waals surface area contributed by atoms with Crippen LogP contribution in [-0.2, 0) is 6.61 Å². The molecule has 0 spiro atoms. The normalized spacial score (nSPS) is 15.2. The van der Waals surface area contributed by atoms with E-state index in [4.69, 9.17) is 21.4 Å². The average molecular weight is 453 g/mol. The molecule has 0 saturated carbocycles. The van der Waals surface area contributed by atoms with Crippen LogP contribution >= 0.6 is 23.4 Å². The van der Waals surface area contributed by atoms with Crippen molar-refractivity contribution in [1.29, 1.82) is 0 Å². The summed E-state index contributed by atoms with van der Waals surface area (Å²) in [5.74, 6) is -0.183. The monoisotopic (exact) mass is 452 g/mol. The van der Waals surface area contributed by atoms with Crippen LogP contribution in [0.5, 0.6) is 5.75 Å². The molecule has 0 bridgehead atoms. The summed E-state index contributed by atoms with van der Waals surface area (Å²) in [5.41, 5.74) is 4.04. The molecule has 5 nitrogen and oxygen atoms in total. The number of halogens is 1. The molecule has 1 unspecified atom stereocenters. The minimum Gasteiger partial charge on any atom is -0.488 e. The van der Waals surface area contributed by atoms with Gasteiger partial charge in [-0.05, 0) is 53.4 Å².